The van der Waals surface area contributed by atoms with E-state index in [1.165, 1.54) is 0 Å². The molecule has 0 radical (unpaired) electrons. The summed E-state index contributed by atoms with van der Waals surface area (Å²) in [5.41, 5.74) is 1.06. The van der Waals surface area contributed by atoms with Crippen LogP contribution >= 0.6 is 0 Å². The summed E-state index contributed by atoms with van der Waals surface area (Å²) in [6.07, 6.45) is 3.96. The van der Waals surface area contributed by atoms with E-state index < -0.39 is 0 Å². The van der Waals surface area contributed by atoms with Gasteiger partial charge >= 0.3 is 0 Å². The summed E-state index contributed by atoms with van der Waals surface area (Å²) in [5, 5.41) is 2.94. The van der Waals surface area contributed by atoms with E-state index in [0.717, 1.165) is 5.71 Å². The van der Waals surface area contributed by atoms with Crippen molar-refractivity contribution in [2.45, 2.75) is 13.8 Å². The Bertz CT molecular complexity index is 114. The van der Waals surface area contributed by atoms with E-state index in [0.29, 0.717) is 6.67 Å². The van der Waals surface area contributed by atoms with Gasteiger partial charge < -0.3 is 5.32 Å². The van der Waals surface area contributed by atoms with Gasteiger partial charge in [0.15, 0.2) is 0 Å². The smallest absolute Gasteiger partial charge is 0.0885 e. The second kappa shape index (κ2) is 5.51. The summed E-state index contributed by atoms with van der Waals surface area (Å²) in [6.45, 7) is 4.67. The molecule has 0 aromatic rings. The second-order valence-corrected chi connectivity index (χ2v) is 1.81. The van der Waals surface area contributed by atoms with Crippen LogP contribution in [0.15, 0.2) is 17.1 Å². The summed E-state index contributed by atoms with van der Waals surface area (Å²) in [5.74, 6) is 0. The molecular weight excluding hydrogens is 112 g/mol. The maximum atomic E-state index is 4.15. The second-order valence-electron chi connectivity index (χ2n) is 1.81. The molecule has 0 amide bonds. The lowest BCUT2D eigenvalue weighted by Crippen LogP contribution is -2.06. The molecule has 2 nitrogen and oxygen atoms in total. The molecule has 0 saturated carbocycles. The molecule has 0 saturated heterocycles. The Labute approximate surface area is 56.7 Å². The average Bonchev–Trinajstić information content (AvgIpc) is 1.85. The first kappa shape index (κ1) is 8.37. The lowest BCUT2D eigenvalue weighted by Gasteiger charge is -1.90. The Balaban J connectivity index is 3.55. The van der Waals surface area contributed by atoms with Crippen LogP contribution in [0.1, 0.15) is 13.8 Å². The molecule has 0 heterocycles. The molecule has 0 fully saturated rings. The number of hydrogen-bond acceptors (Lipinski definition) is 2. The molecule has 0 spiro atoms. The Hall–Kier alpha value is -0.630. The van der Waals surface area contributed by atoms with Gasteiger partial charge in [-0.2, -0.15) is 0 Å². The summed E-state index contributed by atoms with van der Waals surface area (Å²) >= 11 is 0. The number of nitrogens with one attached hydrogen (secondary N) is 1. The van der Waals surface area contributed by atoms with Gasteiger partial charge in [0.2, 0.25) is 0 Å². The highest BCUT2D eigenvalue weighted by atomic mass is 15.0. The van der Waals surface area contributed by atoms with Gasteiger partial charge in [-0.1, -0.05) is 6.08 Å². The fourth-order valence-corrected chi connectivity index (χ4v) is 0.498. The van der Waals surface area contributed by atoms with Crippen molar-refractivity contribution in [2.75, 3.05) is 13.7 Å². The van der Waals surface area contributed by atoms with Gasteiger partial charge in [-0.15, -0.1) is 0 Å². The molecule has 0 aromatic heterocycles. The molecule has 0 atom stereocenters. The quantitative estimate of drug-likeness (QED) is 0.564. The molecule has 0 aliphatic rings. The number of aliphatic imine (C=N–C) groups is 1. The predicted octanol–water partition coefficient (Wildman–Crippen LogP) is 1.20. The van der Waals surface area contributed by atoms with Gasteiger partial charge in [0.1, 0.15) is 0 Å². The molecular formula is C7H14N2. The topological polar surface area (TPSA) is 24.4 Å². The van der Waals surface area contributed by atoms with Crippen molar-refractivity contribution in [3.63, 3.8) is 0 Å². The minimum Gasteiger partial charge on any atom is -0.301 e. The van der Waals surface area contributed by atoms with Gasteiger partial charge in [-0.05, 0) is 27.0 Å². The van der Waals surface area contributed by atoms with Crippen LogP contribution < -0.4 is 5.32 Å². The minimum absolute atomic E-state index is 0.705. The first-order valence-corrected chi connectivity index (χ1v) is 3.09. The predicted molar refractivity (Wildman–Crippen MR) is 41.8 cm³/mol. The Morgan fingerprint density at radius 2 is 2.33 bits per heavy atom. The first-order valence-electron chi connectivity index (χ1n) is 3.09. The van der Waals surface area contributed by atoms with Crippen molar-refractivity contribution in [3.05, 3.63) is 12.2 Å². The maximum absolute atomic E-state index is 4.15. The Morgan fingerprint density at radius 1 is 1.67 bits per heavy atom. The summed E-state index contributed by atoms with van der Waals surface area (Å²) < 4.78 is 0. The summed E-state index contributed by atoms with van der Waals surface area (Å²) in [6, 6.07) is 0. The average molecular weight is 126 g/mol. The molecule has 0 rings (SSSR count). The largest absolute Gasteiger partial charge is 0.301 e. The van der Waals surface area contributed by atoms with Gasteiger partial charge in [-0.25, -0.2) is 0 Å². The van der Waals surface area contributed by atoms with E-state index in [4.69, 9.17) is 0 Å². The standard InChI is InChI=1S/C7H14N2/c1-4-5-7(2)9-6-8-3/h4-5,8H,6H2,1-3H3/b5-4-,9-7-. The molecule has 0 aliphatic carbocycles. The third-order valence-corrected chi connectivity index (χ3v) is 0.894. The molecule has 0 unspecified atom stereocenters. The Kier molecular flexibility index (Phi) is 5.12. The van der Waals surface area contributed by atoms with Crippen molar-refractivity contribution in [1.29, 1.82) is 0 Å². The van der Waals surface area contributed by atoms with E-state index in [1.807, 2.05) is 33.0 Å². The van der Waals surface area contributed by atoms with Crippen molar-refractivity contribution < 1.29 is 0 Å². The molecule has 9 heavy (non-hydrogen) atoms. The lowest BCUT2D eigenvalue weighted by atomic mass is 10.4. The van der Waals surface area contributed by atoms with E-state index in [2.05, 4.69) is 10.3 Å². The third kappa shape index (κ3) is 5.24. The summed E-state index contributed by atoms with van der Waals surface area (Å²) in [4.78, 5) is 4.15. The lowest BCUT2D eigenvalue weighted by molar-refractivity contribution is 0.835. The molecule has 1 N–H and O–H groups in total. The highest BCUT2D eigenvalue weighted by Gasteiger charge is 1.77. The van der Waals surface area contributed by atoms with E-state index in [9.17, 15) is 0 Å². The van der Waals surface area contributed by atoms with E-state index in [-0.39, 0.29) is 0 Å². The number of rotatable bonds is 3. The third-order valence-electron chi connectivity index (χ3n) is 0.894. The molecule has 0 bridgehead atoms. The van der Waals surface area contributed by atoms with Crippen LogP contribution in [-0.2, 0) is 0 Å². The molecule has 2 heteroatoms. The van der Waals surface area contributed by atoms with Crippen LogP contribution in [-0.4, -0.2) is 19.4 Å². The highest BCUT2D eigenvalue weighted by Crippen LogP contribution is 1.78. The minimum atomic E-state index is 0.705. The molecule has 0 aliphatic heterocycles. The molecule has 0 aromatic carbocycles. The van der Waals surface area contributed by atoms with Crippen LogP contribution in [0.5, 0.6) is 0 Å². The van der Waals surface area contributed by atoms with Crippen LogP contribution in [0.3, 0.4) is 0 Å². The number of nitrogens with zero attached hydrogens (tertiary/aromatic N) is 1. The van der Waals surface area contributed by atoms with Crippen molar-refractivity contribution in [2.24, 2.45) is 4.99 Å². The fourth-order valence-electron chi connectivity index (χ4n) is 0.498. The first-order chi connectivity index (χ1) is 4.31. The maximum Gasteiger partial charge on any atom is 0.0885 e. The Morgan fingerprint density at radius 3 is 2.78 bits per heavy atom. The normalized spacial score (nSPS) is 13.0. The number of allylic oxidation sites excluding steroid dienone is 2. The summed E-state index contributed by atoms with van der Waals surface area (Å²) in [7, 11) is 1.88. The van der Waals surface area contributed by atoms with Crippen molar-refractivity contribution in [3.8, 4) is 0 Å². The van der Waals surface area contributed by atoms with Crippen molar-refractivity contribution >= 4 is 5.71 Å². The zero-order chi connectivity index (χ0) is 7.11. The van der Waals surface area contributed by atoms with Gasteiger partial charge in [0.25, 0.3) is 0 Å². The number of hydrogen-bond donors (Lipinski definition) is 1. The van der Waals surface area contributed by atoms with Crippen LogP contribution in [0.2, 0.25) is 0 Å². The van der Waals surface area contributed by atoms with Gasteiger partial charge in [0, 0.05) is 5.71 Å². The van der Waals surface area contributed by atoms with Crippen LogP contribution in [0.4, 0.5) is 0 Å². The van der Waals surface area contributed by atoms with Gasteiger partial charge in [0.05, 0.1) is 6.67 Å². The van der Waals surface area contributed by atoms with E-state index in [1.54, 1.807) is 0 Å². The highest BCUT2D eigenvalue weighted by molar-refractivity contribution is 5.92. The monoisotopic (exact) mass is 126 g/mol. The molecule has 52 valence electrons. The van der Waals surface area contributed by atoms with Crippen molar-refractivity contribution in [1.82, 2.24) is 5.32 Å². The van der Waals surface area contributed by atoms with Crippen LogP contribution in [0.25, 0.3) is 0 Å². The fraction of sp³-hybridized carbons (Fsp3) is 0.571. The van der Waals surface area contributed by atoms with E-state index >= 15 is 0 Å². The van der Waals surface area contributed by atoms with Gasteiger partial charge in [-0.3, -0.25) is 4.99 Å². The van der Waals surface area contributed by atoms with Crippen LogP contribution in [0, 0.1) is 0 Å². The zero-order valence-electron chi connectivity index (χ0n) is 6.31. The SMILES string of the molecule is C/C=C\C(C)=N/CNC. The zero-order valence-corrected chi connectivity index (χ0v) is 6.31.